The molecule has 0 aromatic heterocycles. The summed E-state index contributed by atoms with van der Waals surface area (Å²) in [6.45, 7) is 4.52. The van der Waals surface area contributed by atoms with Gasteiger partial charge in [0.1, 0.15) is 5.82 Å². The molecule has 1 aromatic rings. The number of rotatable bonds is 7. The summed E-state index contributed by atoms with van der Waals surface area (Å²) in [5.41, 5.74) is -0.161. The van der Waals surface area contributed by atoms with Crippen LogP contribution >= 0.6 is 0 Å². The van der Waals surface area contributed by atoms with Gasteiger partial charge in [-0.1, -0.05) is 12.8 Å². The number of nitrogens with zero attached hydrogens (tertiary/aromatic N) is 2. The van der Waals surface area contributed by atoms with Gasteiger partial charge in [-0.05, 0) is 69.7 Å². The third-order valence-corrected chi connectivity index (χ3v) is 7.01. The van der Waals surface area contributed by atoms with Crippen molar-refractivity contribution in [3.05, 3.63) is 35.1 Å². The predicted octanol–water partition coefficient (Wildman–Crippen LogP) is 4.74. The van der Waals surface area contributed by atoms with Crippen LogP contribution in [0.25, 0.3) is 0 Å². The van der Waals surface area contributed by atoms with Crippen LogP contribution in [0.3, 0.4) is 0 Å². The van der Waals surface area contributed by atoms with Gasteiger partial charge in [0.15, 0.2) is 11.6 Å². The Bertz CT molecular complexity index is 666. The Balaban J connectivity index is 1.39. The lowest BCUT2D eigenvalue weighted by atomic mass is 9.94. The highest BCUT2D eigenvalue weighted by Crippen LogP contribution is 2.29. The Kier molecular flexibility index (Phi) is 7.14. The fraction of sp³-hybridized carbons (Fsp3) is 0.739. The Morgan fingerprint density at radius 2 is 1.62 bits per heavy atom. The molecule has 2 heterocycles. The summed E-state index contributed by atoms with van der Waals surface area (Å²) in [6, 6.07) is 2.64. The third-order valence-electron chi connectivity index (χ3n) is 7.01. The molecule has 1 aromatic carbocycles. The zero-order chi connectivity index (χ0) is 20.2. The minimum Gasteiger partial charge on any atom is -0.377 e. The van der Waals surface area contributed by atoms with E-state index in [0.29, 0.717) is 12.5 Å². The molecule has 1 aliphatic carbocycles. The number of hydrogen-bond donors (Lipinski definition) is 0. The molecule has 0 N–H and O–H groups in total. The van der Waals surface area contributed by atoms with E-state index >= 15 is 0 Å². The van der Waals surface area contributed by atoms with E-state index in [0.717, 1.165) is 70.1 Å². The maximum atomic E-state index is 14.3. The van der Waals surface area contributed by atoms with Crippen LogP contribution in [-0.4, -0.2) is 54.7 Å². The topological polar surface area (TPSA) is 15.7 Å². The standard InChI is InChI=1S/C23H33F3N2O/c24-21-7-8-22(25)23(26)20(21)16-27(15-19-6-3-13-29-19)14-17-9-11-28(12-10-17)18-4-1-2-5-18/h7-8,17-19H,1-6,9-16H2. The molecule has 2 aliphatic heterocycles. The van der Waals surface area contributed by atoms with Crippen molar-refractivity contribution < 1.29 is 17.9 Å². The SMILES string of the molecule is Fc1ccc(F)c(CN(CC2CCN(C3CCCC3)CC2)CC2CCCO2)c1F. The van der Waals surface area contributed by atoms with Gasteiger partial charge in [0.2, 0.25) is 0 Å². The molecule has 3 aliphatic rings. The second kappa shape index (κ2) is 9.80. The van der Waals surface area contributed by atoms with Crippen LogP contribution in [0.4, 0.5) is 13.2 Å². The fourth-order valence-electron chi connectivity index (χ4n) is 5.35. The second-order valence-electron chi connectivity index (χ2n) is 9.07. The Morgan fingerprint density at radius 3 is 2.31 bits per heavy atom. The molecule has 0 spiro atoms. The van der Waals surface area contributed by atoms with Crippen LogP contribution < -0.4 is 0 Å². The van der Waals surface area contributed by atoms with Crippen molar-refractivity contribution in [2.45, 2.75) is 70.1 Å². The smallest absolute Gasteiger partial charge is 0.166 e. The fourth-order valence-corrected chi connectivity index (χ4v) is 5.35. The summed E-state index contributed by atoms with van der Waals surface area (Å²) in [5, 5.41) is 0. The average molecular weight is 411 g/mol. The monoisotopic (exact) mass is 410 g/mol. The normalized spacial score (nSPS) is 24.8. The number of piperidine rings is 1. The van der Waals surface area contributed by atoms with E-state index in [2.05, 4.69) is 9.80 Å². The molecule has 0 amide bonds. The van der Waals surface area contributed by atoms with E-state index in [9.17, 15) is 13.2 Å². The van der Waals surface area contributed by atoms with Crippen molar-refractivity contribution in [1.82, 2.24) is 9.80 Å². The van der Waals surface area contributed by atoms with Crippen LogP contribution in [0.1, 0.15) is 56.9 Å². The zero-order valence-corrected chi connectivity index (χ0v) is 17.2. The van der Waals surface area contributed by atoms with Crippen LogP contribution in [0.5, 0.6) is 0 Å². The lowest BCUT2D eigenvalue weighted by Crippen LogP contribution is -2.43. The van der Waals surface area contributed by atoms with Crippen LogP contribution in [0, 0.1) is 23.4 Å². The van der Waals surface area contributed by atoms with Gasteiger partial charge in [0.25, 0.3) is 0 Å². The number of hydrogen-bond acceptors (Lipinski definition) is 3. The van der Waals surface area contributed by atoms with Crippen molar-refractivity contribution in [3.63, 3.8) is 0 Å². The van der Waals surface area contributed by atoms with E-state index < -0.39 is 17.5 Å². The van der Waals surface area contributed by atoms with Crippen LogP contribution in [0.15, 0.2) is 12.1 Å². The molecular weight excluding hydrogens is 377 g/mol. The van der Waals surface area contributed by atoms with E-state index in [1.165, 1.54) is 25.7 Å². The summed E-state index contributed by atoms with van der Waals surface area (Å²) in [5.74, 6) is -2.20. The van der Waals surface area contributed by atoms with Gasteiger partial charge in [-0.15, -0.1) is 0 Å². The summed E-state index contributed by atoms with van der Waals surface area (Å²) < 4.78 is 47.9. The van der Waals surface area contributed by atoms with Gasteiger partial charge in [-0.25, -0.2) is 13.2 Å². The first-order chi connectivity index (χ1) is 14.1. The molecule has 4 rings (SSSR count). The molecule has 6 heteroatoms. The first-order valence-electron chi connectivity index (χ1n) is 11.3. The molecule has 1 saturated carbocycles. The predicted molar refractivity (Wildman–Crippen MR) is 107 cm³/mol. The quantitative estimate of drug-likeness (QED) is 0.604. The van der Waals surface area contributed by atoms with Crippen LogP contribution in [0.2, 0.25) is 0 Å². The summed E-state index contributed by atoms with van der Waals surface area (Å²) in [6.07, 6.45) is 9.70. The van der Waals surface area contributed by atoms with E-state index in [1.807, 2.05) is 0 Å². The zero-order valence-electron chi connectivity index (χ0n) is 17.2. The Morgan fingerprint density at radius 1 is 0.897 bits per heavy atom. The first kappa shape index (κ1) is 21.1. The molecule has 1 atom stereocenters. The number of benzene rings is 1. The average Bonchev–Trinajstić information content (AvgIpc) is 3.43. The third kappa shape index (κ3) is 5.33. The molecule has 0 bridgehead atoms. The summed E-state index contributed by atoms with van der Waals surface area (Å²) in [4.78, 5) is 4.73. The molecule has 1 unspecified atom stereocenters. The van der Waals surface area contributed by atoms with Gasteiger partial charge in [-0.2, -0.15) is 0 Å². The lowest BCUT2D eigenvalue weighted by Gasteiger charge is -2.38. The highest BCUT2D eigenvalue weighted by molar-refractivity contribution is 5.21. The molecule has 0 radical (unpaired) electrons. The van der Waals surface area contributed by atoms with Crippen molar-refractivity contribution in [2.24, 2.45) is 5.92 Å². The maximum Gasteiger partial charge on any atom is 0.166 e. The van der Waals surface area contributed by atoms with Crippen LogP contribution in [-0.2, 0) is 11.3 Å². The minimum atomic E-state index is -1.06. The summed E-state index contributed by atoms with van der Waals surface area (Å²) >= 11 is 0. The number of ether oxygens (including phenoxy) is 1. The first-order valence-corrected chi connectivity index (χ1v) is 11.3. The van der Waals surface area contributed by atoms with Gasteiger partial charge >= 0.3 is 0 Å². The molecule has 2 saturated heterocycles. The van der Waals surface area contributed by atoms with E-state index in [4.69, 9.17) is 4.74 Å². The van der Waals surface area contributed by atoms with Gasteiger partial charge in [0.05, 0.1) is 6.10 Å². The number of likely N-dealkylation sites (tertiary alicyclic amines) is 1. The number of halogens is 3. The van der Waals surface area contributed by atoms with Gasteiger partial charge < -0.3 is 9.64 Å². The molecular formula is C23H33F3N2O. The van der Waals surface area contributed by atoms with Crippen molar-refractivity contribution in [1.29, 1.82) is 0 Å². The lowest BCUT2D eigenvalue weighted by molar-refractivity contribution is 0.0530. The molecule has 162 valence electrons. The van der Waals surface area contributed by atoms with E-state index in [-0.39, 0.29) is 18.2 Å². The van der Waals surface area contributed by atoms with Crippen molar-refractivity contribution in [2.75, 3.05) is 32.8 Å². The van der Waals surface area contributed by atoms with Crippen molar-refractivity contribution in [3.8, 4) is 0 Å². The van der Waals surface area contributed by atoms with Crippen molar-refractivity contribution >= 4 is 0 Å². The van der Waals surface area contributed by atoms with Gasteiger partial charge in [-0.3, -0.25) is 4.90 Å². The highest BCUT2D eigenvalue weighted by Gasteiger charge is 2.29. The molecule has 29 heavy (non-hydrogen) atoms. The summed E-state index contributed by atoms with van der Waals surface area (Å²) in [7, 11) is 0. The van der Waals surface area contributed by atoms with Gasteiger partial charge in [0, 0.05) is 37.8 Å². The Labute approximate surface area is 172 Å². The maximum absolute atomic E-state index is 14.3. The van der Waals surface area contributed by atoms with E-state index in [1.54, 1.807) is 0 Å². The Hall–Kier alpha value is -1.11. The second-order valence-corrected chi connectivity index (χ2v) is 9.07. The molecule has 3 nitrogen and oxygen atoms in total. The highest BCUT2D eigenvalue weighted by atomic mass is 19.2. The molecule has 3 fully saturated rings. The largest absolute Gasteiger partial charge is 0.377 e. The minimum absolute atomic E-state index is 0.0954.